The van der Waals surface area contributed by atoms with Crippen LogP contribution in [-0.2, 0) is 24.2 Å². The molecular weight excluding hydrogens is 683 g/mol. The van der Waals surface area contributed by atoms with Crippen LogP contribution in [0.5, 0.6) is 11.8 Å². The maximum absolute atomic E-state index is 11.5. The molecule has 4 aliphatic rings. The van der Waals surface area contributed by atoms with E-state index < -0.39 is 5.97 Å². The highest BCUT2D eigenvalue weighted by Gasteiger charge is 2.40. The molecule has 2 N–H and O–H groups in total. The highest BCUT2D eigenvalue weighted by Crippen LogP contribution is 2.45. The number of carboxylic acids is 1. The summed E-state index contributed by atoms with van der Waals surface area (Å²) in [6, 6.07) is 21.1. The molecule has 2 fully saturated rings. The third-order valence-electron chi connectivity index (χ3n) is 12.0. The fourth-order valence-electron chi connectivity index (χ4n) is 9.16. The van der Waals surface area contributed by atoms with Crippen molar-refractivity contribution in [2.75, 3.05) is 33.3 Å². The Morgan fingerprint density at radius 3 is 2.57 bits per heavy atom. The molecule has 3 aromatic carbocycles. The number of benzene rings is 3. The first-order chi connectivity index (χ1) is 26.3. The number of aliphatic hydroxyl groups is 1. The van der Waals surface area contributed by atoms with Crippen molar-refractivity contribution in [3.8, 4) is 40.4 Å². The summed E-state index contributed by atoms with van der Waals surface area (Å²) >= 11 is 0. The molecule has 4 heterocycles. The summed E-state index contributed by atoms with van der Waals surface area (Å²) in [5.41, 5.74) is 11.3. The number of carbonyl (C=O) groups is 1. The number of fused-ring (bicyclic) bond motifs is 3. The number of aliphatic carboxylic acids is 1. The standard InChI is InChI=1S/C43H43N5O6/c1-24-28(30-8-4-10-33-32(30)13-14-38(33)53-39-15-12-25(41(46-39)52-2)20-47-17-16-27(49)23-47)6-3-7-29(24)42-45-36-18-34-31(35(19-44)40(36)54-42)9-5-11-37(34)48-21-26(22-48)43(50)51/h3-4,6-8,10,12,15,18,26-27,37-38,49H,5,9,11,13-14,16-17,20-23H2,1-2H3,(H,50,51)/t27-,37?,38+/m1/s1. The predicted molar refractivity (Wildman–Crippen MR) is 201 cm³/mol. The van der Waals surface area contributed by atoms with E-state index in [1.54, 1.807) is 7.11 Å². The SMILES string of the molecule is COc1nc(O[C@H]2CCc3c(-c4cccc(-c5nc6cc7c(c(C#N)c6o5)CCCC7N5CC(C(=O)O)C5)c4C)cccc32)ccc1CN1CC[C@@H](O)C1. The molecular formula is C43H43N5O6. The Bertz CT molecular complexity index is 2320. The van der Waals surface area contributed by atoms with E-state index in [9.17, 15) is 20.3 Å². The average Bonchev–Trinajstić information content (AvgIpc) is 3.89. The molecule has 54 heavy (non-hydrogen) atoms. The van der Waals surface area contributed by atoms with Gasteiger partial charge in [-0.2, -0.15) is 10.2 Å². The summed E-state index contributed by atoms with van der Waals surface area (Å²) in [5, 5.41) is 29.8. The van der Waals surface area contributed by atoms with Gasteiger partial charge in [0.2, 0.25) is 17.7 Å². The van der Waals surface area contributed by atoms with Crippen LogP contribution in [0.15, 0.2) is 59.0 Å². The minimum atomic E-state index is -0.751. The molecule has 0 amide bonds. The lowest BCUT2D eigenvalue weighted by Crippen LogP contribution is -2.52. The first-order valence-electron chi connectivity index (χ1n) is 19.0. The van der Waals surface area contributed by atoms with Crippen molar-refractivity contribution in [3.63, 3.8) is 0 Å². The molecule has 2 aliphatic carbocycles. The van der Waals surface area contributed by atoms with Crippen LogP contribution in [0.3, 0.4) is 0 Å². The van der Waals surface area contributed by atoms with Gasteiger partial charge in [0.1, 0.15) is 23.3 Å². The number of methoxy groups -OCH3 is 1. The molecule has 0 radical (unpaired) electrons. The smallest absolute Gasteiger partial charge is 0.309 e. The quantitative estimate of drug-likeness (QED) is 0.166. The van der Waals surface area contributed by atoms with Gasteiger partial charge in [-0.1, -0.05) is 30.3 Å². The summed E-state index contributed by atoms with van der Waals surface area (Å²) in [6.45, 7) is 5.32. The molecule has 2 aromatic heterocycles. The van der Waals surface area contributed by atoms with Gasteiger partial charge in [-0.15, -0.1) is 0 Å². The number of rotatable bonds is 9. The highest BCUT2D eigenvalue weighted by atomic mass is 16.5. The van der Waals surface area contributed by atoms with Gasteiger partial charge >= 0.3 is 5.97 Å². The lowest BCUT2D eigenvalue weighted by atomic mass is 9.81. The normalized spacial score (nSPS) is 21.4. The molecule has 1 unspecified atom stereocenters. The van der Waals surface area contributed by atoms with E-state index in [2.05, 4.69) is 53.1 Å². The van der Waals surface area contributed by atoms with Gasteiger partial charge in [0.15, 0.2) is 5.58 Å². The third kappa shape index (κ3) is 5.99. The Balaban J connectivity index is 0.996. The molecule has 276 valence electrons. The van der Waals surface area contributed by atoms with Gasteiger partial charge in [0, 0.05) is 56.0 Å². The topological polar surface area (TPSA) is 145 Å². The van der Waals surface area contributed by atoms with Gasteiger partial charge in [-0.3, -0.25) is 14.6 Å². The zero-order valence-corrected chi connectivity index (χ0v) is 30.5. The molecule has 11 heteroatoms. The van der Waals surface area contributed by atoms with E-state index in [1.807, 2.05) is 24.3 Å². The number of oxazole rings is 1. The Labute approximate surface area is 313 Å². The van der Waals surface area contributed by atoms with E-state index in [1.165, 1.54) is 5.56 Å². The number of β-amino-alcohol motifs (C(OH)–C–C–N with tert-alkyl or cyclic N) is 1. The van der Waals surface area contributed by atoms with E-state index in [0.29, 0.717) is 60.5 Å². The second kappa shape index (κ2) is 13.9. The maximum Gasteiger partial charge on any atom is 0.309 e. The molecule has 0 saturated carbocycles. The minimum Gasteiger partial charge on any atom is -0.481 e. The molecule has 11 nitrogen and oxygen atoms in total. The number of aliphatic hydroxyl groups excluding tert-OH is 1. The predicted octanol–water partition coefficient (Wildman–Crippen LogP) is 6.77. The molecule has 5 aromatic rings. The summed E-state index contributed by atoms with van der Waals surface area (Å²) < 4.78 is 18.6. The van der Waals surface area contributed by atoms with Crippen LogP contribution in [0.25, 0.3) is 33.7 Å². The Morgan fingerprint density at radius 2 is 1.80 bits per heavy atom. The number of carboxylic acid groups (broad SMARTS) is 1. The largest absolute Gasteiger partial charge is 0.481 e. The molecule has 0 spiro atoms. The zero-order valence-electron chi connectivity index (χ0n) is 30.5. The molecule has 0 bridgehead atoms. The van der Waals surface area contributed by atoms with Crippen LogP contribution in [-0.4, -0.2) is 75.3 Å². The Morgan fingerprint density at radius 1 is 0.981 bits per heavy atom. The second-order valence-electron chi connectivity index (χ2n) is 15.2. The number of ether oxygens (including phenoxy) is 2. The third-order valence-corrected chi connectivity index (χ3v) is 12.0. The summed E-state index contributed by atoms with van der Waals surface area (Å²) in [6.07, 6.45) is 4.68. The van der Waals surface area contributed by atoms with Gasteiger partial charge in [-0.25, -0.2) is 4.98 Å². The van der Waals surface area contributed by atoms with Gasteiger partial charge in [0.05, 0.1) is 19.1 Å². The highest BCUT2D eigenvalue weighted by molar-refractivity contribution is 5.86. The molecule has 2 aliphatic heterocycles. The van der Waals surface area contributed by atoms with Crippen molar-refractivity contribution in [1.29, 1.82) is 5.26 Å². The van der Waals surface area contributed by atoms with Crippen molar-refractivity contribution >= 4 is 17.1 Å². The monoisotopic (exact) mass is 725 g/mol. The van der Waals surface area contributed by atoms with E-state index in [-0.39, 0.29) is 24.2 Å². The lowest BCUT2D eigenvalue weighted by Gasteiger charge is -2.44. The molecule has 9 rings (SSSR count). The number of aromatic nitrogens is 2. The van der Waals surface area contributed by atoms with Gasteiger partial charge in [-0.05, 0) is 103 Å². The number of hydrogen-bond acceptors (Lipinski definition) is 10. The Kier molecular flexibility index (Phi) is 8.85. The number of likely N-dealkylation sites (tertiary alicyclic amines) is 2. The van der Waals surface area contributed by atoms with Crippen LogP contribution in [0.1, 0.15) is 76.8 Å². The minimum absolute atomic E-state index is 0.0758. The summed E-state index contributed by atoms with van der Waals surface area (Å²) in [7, 11) is 1.63. The van der Waals surface area contributed by atoms with Crippen LogP contribution >= 0.6 is 0 Å². The molecule has 2 saturated heterocycles. The number of hydrogen-bond donors (Lipinski definition) is 2. The van der Waals surface area contributed by atoms with Crippen LogP contribution in [0, 0.1) is 24.2 Å². The summed E-state index contributed by atoms with van der Waals surface area (Å²) in [4.78, 5) is 25.6. The first kappa shape index (κ1) is 34.5. The van der Waals surface area contributed by atoms with E-state index >= 15 is 0 Å². The first-order valence-corrected chi connectivity index (χ1v) is 19.0. The van der Waals surface area contributed by atoms with Crippen molar-refractivity contribution in [1.82, 2.24) is 19.8 Å². The van der Waals surface area contributed by atoms with Crippen molar-refractivity contribution in [3.05, 3.63) is 93.5 Å². The fourth-order valence-corrected chi connectivity index (χ4v) is 9.16. The van der Waals surface area contributed by atoms with Crippen LogP contribution in [0.2, 0.25) is 0 Å². The molecule has 3 atom stereocenters. The van der Waals surface area contributed by atoms with Crippen molar-refractivity contribution in [2.45, 2.75) is 70.2 Å². The van der Waals surface area contributed by atoms with Gasteiger partial charge < -0.3 is 24.1 Å². The van der Waals surface area contributed by atoms with Gasteiger partial charge in [0.25, 0.3) is 0 Å². The number of pyridine rings is 1. The average molecular weight is 726 g/mol. The van der Waals surface area contributed by atoms with Crippen LogP contribution < -0.4 is 9.47 Å². The second-order valence-corrected chi connectivity index (χ2v) is 15.2. The Hall–Kier alpha value is -5.28. The maximum atomic E-state index is 11.5. The van der Waals surface area contributed by atoms with E-state index in [4.69, 9.17) is 23.9 Å². The van der Waals surface area contributed by atoms with E-state index in [0.717, 1.165) is 89.6 Å². The zero-order chi connectivity index (χ0) is 37.1. The number of nitrogens with zero attached hydrogens (tertiary/aromatic N) is 5. The number of nitriles is 1. The fraction of sp³-hybridized carbons (Fsp3) is 0.395. The van der Waals surface area contributed by atoms with Crippen molar-refractivity contribution in [2.24, 2.45) is 5.92 Å². The lowest BCUT2D eigenvalue weighted by molar-refractivity contribution is -0.149. The van der Waals surface area contributed by atoms with Crippen LogP contribution in [0.4, 0.5) is 0 Å². The van der Waals surface area contributed by atoms with Crippen molar-refractivity contribution < 1.29 is 28.9 Å². The summed E-state index contributed by atoms with van der Waals surface area (Å²) in [5.74, 6) is 0.452.